The highest BCUT2D eigenvalue weighted by Gasteiger charge is 2.24. The summed E-state index contributed by atoms with van der Waals surface area (Å²) in [7, 11) is 0. The maximum atomic E-state index is 14.1. The molecule has 0 spiro atoms. The number of piperidine rings is 1. The summed E-state index contributed by atoms with van der Waals surface area (Å²) in [5, 5.41) is 10.4. The Balaban J connectivity index is 1.54. The number of aromatic amines is 1. The summed E-state index contributed by atoms with van der Waals surface area (Å²) in [6.45, 7) is 1.51. The van der Waals surface area contributed by atoms with Gasteiger partial charge in [0, 0.05) is 30.4 Å². The van der Waals surface area contributed by atoms with Crippen LogP contribution in [0.3, 0.4) is 0 Å². The van der Waals surface area contributed by atoms with Crippen LogP contribution in [0, 0.1) is 11.7 Å². The zero-order valence-electron chi connectivity index (χ0n) is 15.2. The van der Waals surface area contributed by atoms with Crippen LogP contribution in [0.4, 0.5) is 15.8 Å². The van der Waals surface area contributed by atoms with Gasteiger partial charge in [0.15, 0.2) is 5.88 Å². The molecule has 1 atom stereocenters. The van der Waals surface area contributed by atoms with E-state index in [0.29, 0.717) is 28.7 Å². The molecule has 3 aromatic rings. The van der Waals surface area contributed by atoms with Crippen LogP contribution in [-0.2, 0) is 4.79 Å². The van der Waals surface area contributed by atoms with Crippen LogP contribution >= 0.6 is 0 Å². The summed E-state index contributed by atoms with van der Waals surface area (Å²) in [6, 6.07) is 12.2. The monoisotopic (exact) mass is 380 g/mol. The second-order valence-corrected chi connectivity index (χ2v) is 7.01. The number of halogens is 1. The molecule has 4 rings (SSSR count). The van der Waals surface area contributed by atoms with Gasteiger partial charge in [-0.2, -0.15) is 0 Å². The lowest BCUT2D eigenvalue weighted by Crippen LogP contribution is -2.41. The molecular formula is C21H21FN4O2. The molecule has 6 nitrogen and oxygen atoms in total. The number of nitrogens with one attached hydrogen (secondary N) is 1. The van der Waals surface area contributed by atoms with E-state index in [-0.39, 0.29) is 17.7 Å². The molecule has 1 fully saturated rings. The fourth-order valence-corrected chi connectivity index (χ4v) is 3.67. The number of primary amides is 1. The molecule has 1 aliphatic heterocycles. The predicted octanol–water partition coefficient (Wildman–Crippen LogP) is 3.46. The van der Waals surface area contributed by atoms with E-state index in [2.05, 4.69) is 14.9 Å². The highest BCUT2D eigenvalue weighted by molar-refractivity contribution is 6.02. The summed E-state index contributed by atoms with van der Waals surface area (Å²) in [6.07, 6.45) is 3.22. The third kappa shape index (κ3) is 3.43. The Morgan fingerprint density at radius 1 is 1.29 bits per heavy atom. The lowest BCUT2D eigenvalue weighted by molar-refractivity contribution is -0.122. The van der Waals surface area contributed by atoms with Crippen LogP contribution in [0.2, 0.25) is 0 Å². The van der Waals surface area contributed by atoms with Gasteiger partial charge < -0.3 is 20.7 Å². The number of hydrogen-bond donors (Lipinski definition) is 3. The van der Waals surface area contributed by atoms with Crippen molar-refractivity contribution in [2.45, 2.75) is 12.8 Å². The molecule has 2 aromatic carbocycles. The molecule has 144 valence electrons. The Morgan fingerprint density at radius 2 is 2.07 bits per heavy atom. The number of hydrogen-bond acceptors (Lipinski definition) is 4. The zero-order chi connectivity index (χ0) is 19.7. The summed E-state index contributed by atoms with van der Waals surface area (Å²) in [5.74, 6) is -0.908. The van der Waals surface area contributed by atoms with E-state index >= 15 is 0 Å². The maximum absolute atomic E-state index is 14.1. The van der Waals surface area contributed by atoms with Crippen molar-refractivity contribution >= 4 is 34.4 Å². The van der Waals surface area contributed by atoms with Crippen molar-refractivity contribution in [3.8, 4) is 5.88 Å². The number of anilines is 1. The molecule has 0 saturated carbocycles. The van der Waals surface area contributed by atoms with E-state index in [1.165, 1.54) is 12.3 Å². The van der Waals surface area contributed by atoms with Crippen LogP contribution in [0.5, 0.6) is 5.88 Å². The third-order valence-electron chi connectivity index (χ3n) is 5.17. The van der Waals surface area contributed by atoms with Gasteiger partial charge >= 0.3 is 0 Å². The smallest absolute Gasteiger partial charge is 0.222 e. The highest BCUT2D eigenvalue weighted by atomic mass is 19.1. The number of carbonyl (C=O) groups excluding carboxylic acids is 1. The van der Waals surface area contributed by atoms with Gasteiger partial charge in [-0.05, 0) is 49.2 Å². The van der Waals surface area contributed by atoms with Gasteiger partial charge in [0.05, 0.1) is 22.7 Å². The van der Waals surface area contributed by atoms with E-state index < -0.39 is 5.82 Å². The second kappa shape index (κ2) is 7.34. The van der Waals surface area contributed by atoms with Crippen LogP contribution in [0.1, 0.15) is 18.4 Å². The molecule has 1 aliphatic rings. The first kappa shape index (κ1) is 18.0. The fraction of sp³-hybridized carbons (Fsp3) is 0.238. The lowest BCUT2D eigenvalue weighted by atomic mass is 9.97. The SMILES string of the molecule is NC(=O)C1CCCN(c2ccc(N=Cc3c(O)[nH]c4cccc(F)c34)cc2)C1. The quantitative estimate of drug-likeness (QED) is 0.605. The van der Waals surface area contributed by atoms with Crippen molar-refractivity contribution < 1.29 is 14.3 Å². The molecule has 0 bridgehead atoms. The zero-order valence-corrected chi connectivity index (χ0v) is 15.2. The number of H-pyrrole nitrogens is 1. The Morgan fingerprint density at radius 3 is 2.82 bits per heavy atom. The number of aromatic nitrogens is 1. The third-order valence-corrected chi connectivity index (χ3v) is 5.17. The first-order valence-electron chi connectivity index (χ1n) is 9.20. The number of benzene rings is 2. The highest BCUT2D eigenvalue weighted by Crippen LogP contribution is 2.29. The van der Waals surface area contributed by atoms with Gasteiger partial charge in [0.2, 0.25) is 5.91 Å². The Bertz CT molecular complexity index is 1040. The number of nitrogens with zero attached hydrogens (tertiary/aromatic N) is 2. The van der Waals surface area contributed by atoms with E-state index in [4.69, 9.17) is 5.73 Å². The Hall–Kier alpha value is -3.35. The van der Waals surface area contributed by atoms with Gasteiger partial charge in [-0.3, -0.25) is 9.79 Å². The van der Waals surface area contributed by atoms with Crippen LogP contribution in [0.25, 0.3) is 10.9 Å². The summed E-state index contributed by atoms with van der Waals surface area (Å²) in [4.78, 5) is 20.7. The van der Waals surface area contributed by atoms with Crippen molar-refractivity contribution in [3.05, 3.63) is 53.8 Å². The number of amides is 1. The van der Waals surface area contributed by atoms with Gasteiger partial charge in [-0.25, -0.2) is 4.39 Å². The summed E-state index contributed by atoms with van der Waals surface area (Å²) >= 11 is 0. The summed E-state index contributed by atoms with van der Waals surface area (Å²) < 4.78 is 14.1. The fourth-order valence-electron chi connectivity index (χ4n) is 3.67. The van der Waals surface area contributed by atoms with Crippen molar-refractivity contribution in [2.24, 2.45) is 16.6 Å². The minimum absolute atomic E-state index is 0.119. The van der Waals surface area contributed by atoms with Gasteiger partial charge in [0.25, 0.3) is 0 Å². The van der Waals surface area contributed by atoms with E-state index in [1.54, 1.807) is 12.1 Å². The molecule has 28 heavy (non-hydrogen) atoms. The lowest BCUT2D eigenvalue weighted by Gasteiger charge is -2.33. The van der Waals surface area contributed by atoms with Crippen LogP contribution in [0.15, 0.2) is 47.5 Å². The minimum atomic E-state index is -0.417. The molecule has 1 amide bonds. The minimum Gasteiger partial charge on any atom is -0.494 e. The molecule has 0 aliphatic carbocycles. The average molecular weight is 380 g/mol. The van der Waals surface area contributed by atoms with Crippen molar-refractivity contribution in [2.75, 3.05) is 18.0 Å². The van der Waals surface area contributed by atoms with Gasteiger partial charge in [0.1, 0.15) is 5.82 Å². The summed E-state index contributed by atoms with van der Waals surface area (Å²) in [5.41, 5.74) is 7.96. The molecule has 0 radical (unpaired) electrons. The number of nitrogens with two attached hydrogens (primary N) is 1. The second-order valence-electron chi connectivity index (χ2n) is 7.01. The van der Waals surface area contributed by atoms with Crippen molar-refractivity contribution in [3.63, 3.8) is 0 Å². The number of rotatable bonds is 4. The van der Waals surface area contributed by atoms with Crippen molar-refractivity contribution in [1.82, 2.24) is 4.98 Å². The molecular weight excluding hydrogens is 359 g/mol. The normalized spacial score (nSPS) is 17.5. The topological polar surface area (TPSA) is 94.7 Å². The first-order chi connectivity index (χ1) is 13.5. The van der Waals surface area contributed by atoms with E-state index in [9.17, 15) is 14.3 Å². The average Bonchev–Trinajstić information content (AvgIpc) is 3.03. The predicted molar refractivity (Wildman–Crippen MR) is 108 cm³/mol. The number of fused-ring (bicyclic) bond motifs is 1. The molecule has 4 N–H and O–H groups in total. The maximum Gasteiger partial charge on any atom is 0.222 e. The first-order valence-corrected chi connectivity index (χ1v) is 9.20. The number of aromatic hydroxyl groups is 1. The molecule has 1 saturated heterocycles. The van der Waals surface area contributed by atoms with Crippen LogP contribution in [-0.4, -0.2) is 35.3 Å². The van der Waals surface area contributed by atoms with Crippen molar-refractivity contribution in [1.29, 1.82) is 0 Å². The Kier molecular flexibility index (Phi) is 4.73. The number of aliphatic imine (C=N–C) groups is 1. The van der Waals surface area contributed by atoms with E-state index in [1.807, 2.05) is 24.3 Å². The van der Waals surface area contributed by atoms with Crippen LogP contribution < -0.4 is 10.6 Å². The van der Waals surface area contributed by atoms with E-state index in [0.717, 1.165) is 25.1 Å². The standard InChI is InChI=1S/C21H21FN4O2/c22-17-4-1-5-18-19(17)16(21(28)25-18)11-24-14-6-8-15(9-7-14)26-10-2-3-13(12-26)20(23)27/h1,4-9,11,13,25,28H,2-3,10,12H2,(H2,23,27). The molecule has 7 heteroatoms. The number of carbonyl (C=O) groups is 1. The Labute approximate surface area is 161 Å². The molecule has 1 unspecified atom stereocenters. The van der Waals surface area contributed by atoms with Gasteiger partial charge in [-0.1, -0.05) is 6.07 Å². The van der Waals surface area contributed by atoms with Gasteiger partial charge in [-0.15, -0.1) is 0 Å². The molecule has 1 aromatic heterocycles. The molecule has 2 heterocycles. The largest absolute Gasteiger partial charge is 0.494 e.